The summed E-state index contributed by atoms with van der Waals surface area (Å²) in [7, 11) is 0. The highest BCUT2D eigenvalue weighted by atomic mass is 17.0. The van der Waals surface area contributed by atoms with Gasteiger partial charge in [0, 0.05) is 0 Å². The molecule has 5 rings (SSSR count). The van der Waals surface area contributed by atoms with Crippen LogP contribution in [-0.4, -0.2) is 12.6 Å². The molecule has 0 bridgehead atoms. The highest BCUT2D eigenvalue weighted by Gasteiger charge is 2.54. The first kappa shape index (κ1) is 16.5. The molecule has 27 heavy (non-hydrogen) atoms. The zero-order valence-electron chi connectivity index (χ0n) is 14.9. The van der Waals surface area contributed by atoms with E-state index in [-0.39, 0.29) is 12.1 Å². The largest absolute Gasteiger partial charge is 0.323 e. The van der Waals surface area contributed by atoms with Crippen LogP contribution in [0.15, 0.2) is 91.0 Å². The van der Waals surface area contributed by atoms with E-state index in [0.717, 1.165) is 11.3 Å². The van der Waals surface area contributed by atoms with Crippen LogP contribution in [0, 0.1) is 0 Å². The van der Waals surface area contributed by atoms with Crippen LogP contribution < -0.4 is 5.06 Å². The summed E-state index contributed by atoms with van der Waals surface area (Å²) in [6.45, 7) is 0.480. The molecule has 0 N–H and O–H groups in total. The van der Waals surface area contributed by atoms with E-state index >= 15 is 0 Å². The molecule has 2 aliphatic heterocycles. The van der Waals surface area contributed by atoms with Crippen LogP contribution >= 0.6 is 0 Å². The van der Waals surface area contributed by atoms with Crippen molar-refractivity contribution in [2.24, 2.45) is 0 Å². The number of hydrogen-bond donors (Lipinski definition) is 0. The molecule has 0 amide bonds. The second-order valence-electron chi connectivity index (χ2n) is 6.89. The number of anilines is 1. The standard InChI is InChI=1S/C23H21NO3/c1-4-10-18(11-5-1)21-16-23(27-24(21)20-14-8-3-9-15-20)25-17-22(26-23)19-12-6-2-7-13-19/h1-15,21-22H,16-17H2/t21-,22+,23+/m1/s1. The van der Waals surface area contributed by atoms with Crippen LogP contribution in [0.4, 0.5) is 5.69 Å². The fraction of sp³-hybridized carbons (Fsp3) is 0.217. The van der Waals surface area contributed by atoms with Crippen LogP contribution in [-0.2, 0) is 14.3 Å². The van der Waals surface area contributed by atoms with Crippen molar-refractivity contribution in [3.05, 3.63) is 102 Å². The Kier molecular flexibility index (Phi) is 4.17. The van der Waals surface area contributed by atoms with E-state index in [4.69, 9.17) is 14.3 Å². The average molecular weight is 359 g/mol. The maximum absolute atomic E-state index is 6.31. The second kappa shape index (κ2) is 6.82. The molecule has 3 aromatic carbocycles. The van der Waals surface area contributed by atoms with Crippen molar-refractivity contribution in [1.29, 1.82) is 0 Å². The molecule has 2 saturated heterocycles. The molecule has 1 spiro atoms. The highest BCUT2D eigenvalue weighted by molar-refractivity contribution is 5.47. The van der Waals surface area contributed by atoms with Crippen molar-refractivity contribution in [2.45, 2.75) is 24.5 Å². The van der Waals surface area contributed by atoms with Crippen molar-refractivity contribution in [3.63, 3.8) is 0 Å². The maximum atomic E-state index is 6.31. The molecule has 2 heterocycles. The van der Waals surface area contributed by atoms with Crippen LogP contribution in [0.1, 0.15) is 29.7 Å². The monoisotopic (exact) mass is 359 g/mol. The first-order valence-electron chi connectivity index (χ1n) is 9.28. The third kappa shape index (κ3) is 3.12. The second-order valence-corrected chi connectivity index (χ2v) is 6.89. The quantitative estimate of drug-likeness (QED) is 0.658. The van der Waals surface area contributed by atoms with Gasteiger partial charge in [-0.3, -0.25) is 0 Å². The number of hydrogen-bond acceptors (Lipinski definition) is 4. The Bertz CT molecular complexity index is 838. The lowest BCUT2D eigenvalue weighted by Crippen LogP contribution is -2.31. The van der Waals surface area contributed by atoms with Crippen molar-refractivity contribution in [2.75, 3.05) is 11.7 Å². The Hall–Kier alpha value is -2.66. The SMILES string of the molecule is c1ccc([C@@H]2CO[C@@]3(C[C@H](c4ccccc4)N(c4ccccc4)O3)O2)cc1. The Morgan fingerprint density at radius 3 is 2.00 bits per heavy atom. The van der Waals surface area contributed by atoms with Crippen molar-refractivity contribution in [1.82, 2.24) is 0 Å². The van der Waals surface area contributed by atoms with E-state index in [2.05, 4.69) is 24.3 Å². The number of rotatable bonds is 3. The highest BCUT2D eigenvalue weighted by Crippen LogP contribution is 2.49. The normalized spacial score (nSPS) is 27.3. The summed E-state index contributed by atoms with van der Waals surface area (Å²) in [4.78, 5) is 6.30. The summed E-state index contributed by atoms with van der Waals surface area (Å²) in [6.07, 6.45) is 0.480. The molecule has 4 nitrogen and oxygen atoms in total. The van der Waals surface area contributed by atoms with Gasteiger partial charge < -0.3 is 9.47 Å². The van der Waals surface area contributed by atoms with Gasteiger partial charge in [0.25, 0.3) is 0 Å². The topological polar surface area (TPSA) is 30.9 Å². The van der Waals surface area contributed by atoms with Gasteiger partial charge in [-0.1, -0.05) is 78.9 Å². The van der Waals surface area contributed by atoms with Gasteiger partial charge in [0.05, 0.1) is 24.8 Å². The number of hydroxylamine groups is 1. The first-order valence-corrected chi connectivity index (χ1v) is 9.28. The summed E-state index contributed by atoms with van der Waals surface area (Å²) in [6, 6.07) is 30.6. The maximum Gasteiger partial charge on any atom is 0.308 e. The fourth-order valence-corrected chi connectivity index (χ4v) is 3.78. The van der Waals surface area contributed by atoms with Crippen LogP contribution in [0.2, 0.25) is 0 Å². The van der Waals surface area contributed by atoms with Gasteiger partial charge >= 0.3 is 5.97 Å². The Labute approximate surface area is 158 Å². The molecule has 0 unspecified atom stereocenters. The number of para-hydroxylation sites is 1. The Balaban J connectivity index is 1.46. The number of nitrogens with zero attached hydrogens (tertiary/aromatic N) is 1. The fourth-order valence-electron chi connectivity index (χ4n) is 3.78. The summed E-state index contributed by atoms with van der Waals surface area (Å²) >= 11 is 0. The van der Waals surface area contributed by atoms with Gasteiger partial charge in [0.2, 0.25) is 0 Å². The third-order valence-corrected chi connectivity index (χ3v) is 5.11. The average Bonchev–Trinajstić information content (AvgIpc) is 3.34. The molecule has 0 aromatic heterocycles. The molecule has 3 aromatic rings. The molecule has 2 aliphatic rings. The van der Waals surface area contributed by atoms with E-state index in [9.17, 15) is 0 Å². The summed E-state index contributed by atoms with van der Waals surface area (Å²) in [5, 5.41) is 1.92. The van der Waals surface area contributed by atoms with E-state index in [0.29, 0.717) is 13.0 Å². The van der Waals surface area contributed by atoms with Crippen LogP contribution in [0.5, 0.6) is 0 Å². The summed E-state index contributed by atoms with van der Waals surface area (Å²) < 4.78 is 12.4. The lowest BCUT2D eigenvalue weighted by atomic mass is 10.0. The van der Waals surface area contributed by atoms with E-state index in [1.54, 1.807) is 0 Å². The molecular weight excluding hydrogens is 338 g/mol. The van der Waals surface area contributed by atoms with Gasteiger partial charge in [-0.05, 0) is 23.3 Å². The third-order valence-electron chi connectivity index (χ3n) is 5.11. The zero-order valence-corrected chi connectivity index (χ0v) is 14.9. The first-order chi connectivity index (χ1) is 13.3. The van der Waals surface area contributed by atoms with Gasteiger partial charge in [-0.2, -0.15) is 0 Å². The molecule has 136 valence electrons. The lowest BCUT2D eigenvalue weighted by Gasteiger charge is -2.25. The number of ether oxygens (including phenoxy) is 2. The Morgan fingerprint density at radius 2 is 1.33 bits per heavy atom. The summed E-state index contributed by atoms with van der Waals surface area (Å²) in [5.74, 6) is -1.06. The van der Waals surface area contributed by atoms with Crippen LogP contribution in [0.3, 0.4) is 0 Å². The lowest BCUT2D eigenvalue weighted by molar-refractivity contribution is -0.319. The number of benzene rings is 3. The molecule has 0 saturated carbocycles. The van der Waals surface area contributed by atoms with E-state index < -0.39 is 5.97 Å². The molecule has 0 aliphatic carbocycles. The van der Waals surface area contributed by atoms with E-state index in [1.807, 2.05) is 71.8 Å². The van der Waals surface area contributed by atoms with Crippen molar-refractivity contribution < 1.29 is 14.3 Å². The molecule has 3 atom stereocenters. The predicted molar refractivity (Wildman–Crippen MR) is 103 cm³/mol. The van der Waals surface area contributed by atoms with Crippen LogP contribution in [0.25, 0.3) is 0 Å². The molecule has 4 heteroatoms. The van der Waals surface area contributed by atoms with Crippen molar-refractivity contribution >= 4 is 5.69 Å². The van der Waals surface area contributed by atoms with E-state index in [1.165, 1.54) is 5.56 Å². The minimum Gasteiger partial charge on any atom is -0.323 e. The zero-order chi connectivity index (χ0) is 18.1. The van der Waals surface area contributed by atoms with Gasteiger partial charge in [-0.15, -0.1) is 0 Å². The molecule has 2 fully saturated rings. The minimum absolute atomic E-state index is 0.0168. The Morgan fingerprint density at radius 1 is 0.741 bits per heavy atom. The minimum atomic E-state index is -1.06. The summed E-state index contributed by atoms with van der Waals surface area (Å²) in [5.41, 5.74) is 3.26. The molecule has 0 radical (unpaired) electrons. The smallest absolute Gasteiger partial charge is 0.308 e. The predicted octanol–water partition coefficient (Wildman–Crippen LogP) is 5.01. The van der Waals surface area contributed by atoms with Gasteiger partial charge in [0.1, 0.15) is 6.10 Å². The van der Waals surface area contributed by atoms with Gasteiger partial charge in [0.15, 0.2) is 0 Å². The van der Waals surface area contributed by atoms with Gasteiger partial charge in [-0.25, -0.2) is 9.90 Å². The van der Waals surface area contributed by atoms with Crippen molar-refractivity contribution in [3.8, 4) is 0 Å². The molecular formula is C23H21NO3.